The van der Waals surface area contributed by atoms with E-state index in [-0.39, 0.29) is 45.3 Å². The fourth-order valence-electron chi connectivity index (χ4n) is 4.61. The minimum Gasteiger partial charge on any atom is -1.00 e. The van der Waals surface area contributed by atoms with Crippen LogP contribution in [0.3, 0.4) is 0 Å². The second kappa shape index (κ2) is 13.7. The highest BCUT2D eigenvalue weighted by atomic mass is 35.5. The van der Waals surface area contributed by atoms with Crippen LogP contribution in [0.15, 0.2) is 60.7 Å². The minimum absolute atomic E-state index is 0. The molecular formula is C27H32Cl2F2N2O3. The summed E-state index contributed by atoms with van der Waals surface area (Å²) in [7, 11) is 4.84. The van der Waals surface area contributed by atoms with Crippen molar-refractivity contribution in [1.82, 2.24) is 9.80 Å². The van der Waals surface area contributed by atoms with Crippen molar-refractivity contribution in [3.8, 4) is 17.2 Å². The molecule has 0 aliphatic carbocycles. The first kappa shape index (κ1) is 29.6. The molecule has 1 fully saturated rings. The maximum absolute atomic E-state index is 13.6. The van der Waals surface area contributed by atoms with Gasteiger partial charge >= 0.3 is 2.85 Å². The smallest absolute Gasteiger partial charge is 1.00 e. The molecule has 3 aromatic rings. The van der Waals surface area contributed by atoms with Gasteiger partial charge < -0.3 is 39.0 Å². The van der Waals surface area contributed by atoms with E-state index in [1.165, 1.54) is 24.3 Å². The van der Waals surface area contributed by atoms with Gasteiger partial charge in [-0.2, -0.15) is 0 Å². The lowest BCUT2D eigenvalue weighted by atomic mass is 9.96. The summed E-state index contributed by atoms with van der Waals surface area (Å²) in [5.41, 5.74) is 3.01. The summed E-state index contributed by atoms with van der Waals surface area (Å²) in [4.78, 5) is 4.73. The summed E-state index contributed by atoms with van der Waals surface area (Å²) in [5, 5.41) is 0. The lowest BCUT2D eigenvalue weighted by molar-refractivity contribution is -0.001000. The summed E-state index contributed by atoms with van der Waals surface area (Å²) in [6, 6.07) is 17.0. The zero-order valence-electron chi connectivity index (χ0n) is 22.5. The van der Waals surface area contributed by atoms with Crippen molar-refractivity contribution >= 4 is 0 Å². The highest BCUT2D eigenvalue weighted by Gasteiger charge is 2.27. The van der Waals surface area contributed by atoms with Crippen LogP contribution in [-0.2, 0) is 6.54 Å². The first-order valence-electron chi connectivity index (χ1n) is 11.3. The van der Waals surface area contributed by atoms with Gasteiger partial charge in [-0.05, 0) is 41.5 Å². The van der Waals surface area contributed by atoms with Gasteiger partial charge in [-0.3, -0.25) is 9.80 Å². The molecule has 0 aromatic heterocycles. The highest BCUT2D eigenvalue weighted by molar-refractivity contribution is 5.55. The first-order valence-corrected chi connectivity index (χ1v) is 11.3. The predicted octanol–water partition coefficient (Wildman–Crippen LogP) is -0.869. The largest absolute Gasteiger partial charge is 1.00 e. The van der Waals surface area contributed by atoms with Crippen LogP contribution in [0.2, 0.25) is 0 Å². The predicted molar refractivity (Wildman–Crippen MR) is 130 cm³/mol. The number of rotatable bonds is 8. The molecule has 196 valence electrons. The third-order valence-electron chi connectivity index (χ3n) is 6.32. The van der Waals surface area contributed by atoms with Crippen molar-refractivity contribution in [2.24, 2.45) is 0 Å². The van der Waals surface area contributed by atoms with Crippen LogP contribution < -0.4 is 39.0 Å². The van der Waals surface area contributed by atoms with E-state index < -0.39 is 0 Å². The Morgan fingerprint density at radius 2 is 1.19 bits per heavy atom. The van der Waals surface area contributed by atoms with Gasteiger partial charge in [0.05, 0.1) is 27.4 Å². The second-order valence-corrected chi connectivity index (χ2v) is 8.31. The van der Waals surface area contributed by atoms with E-state index in [0.29, 0.717) is 17.2 Å². The molecule has 0 saturated carbocycles. The number of piperazine rings is 1. The number of ether oxygens (including phenoxy) is 3. The molecule has 3 aromatic carbocycles. The van der Waals surface area contributed by atoms with Crippen molar-refractivity contribution in [3.05, 3.63) is 89.0 Å². The van der Waals surface area contributed by atoms with Gasteiger partial charge in [-0.15, -0.1) is 0 Å². The average Bonchev–Trinajstić information content (AvgIpc) is 2.87. The van der Waals surface area contributed by atoms with Gasteiger partial charge in [0.2, 0.25) is 5.75 Å². The van der Waals surface area contributed by atoms with Gasteiger partial charge in [-0.1, -0.05) is 30.3 Å². The molecule has 9 heteroatoms. The van der Waals surface area contributed by atoms with Crippen molar-refractivity contribution in [2.45, 2.75) is 12.6 Å². The molecule has 0 atom stereocenters. The molecule has 1 saturated heterocycles. The van der Waals surface area contributed by atoms with Crippen molar-refractivity contribution in [2.75, 3.05) is 47.5 Å². The number of halogens is 4. The van der Waals surface area contributed by atoms with E-state index >= 15 is 0 Å². The monoisotopic (exact) mass is 540 g/mol. The summed E-state index contributed by atoms with van der Waals surface area (Å²) < 4.78 is 43.7. The van der Waals surface area contributed by atoms with Crippen LogP contribution in [0.25, 0.3) is 0 Å². The molecule has 0 N–H and O–H groups in total. The standard InChI is InChI=1S/C27H30F2N2O3.2ClH/c1-32-24-13-8-21(26(33-2)27(24)34-3)18-30-14-16-31(17-15-30)25(19-4-9-22(28)10-5-19)20-6-11-23(29)12-7-20;;/h4-13,25H,14-18H2,1-3H3;2*1H. The van der Waals surface area contributed by atoms with Crippen LogP contribution in [-0.4, -0.2) is 57.3 Å². The molecule has 0 bridgehead atoms. The molecule has 36 heavy (non-hydrogen) atoms. The molecule has 1 heterocycles. The van der Waals surface area contributed by atoms with Crippen molar-refractivity contribution in [3.63, 3.8) is 0 Å². The van der Waals surface area contributed by atoms with Crippen molar-refractivity contribution < 1.29 is 50.7 Å². The molecular weight excluding hydrogens is 509 g/mol. The van der Waals surface area contributed by atoms with E-state index in [4.69, 9.17) is 14.2 Å². The molecule has 5 nitrogen and oxygen atoms in total. The van der Waals surface area contributed by atoms with Crippen LogP contribution in [0.4, 0.5) is 8.78 Å². The molecule has 0 amide bonds. The lowest BCUT2D eigenvalue weighted by Crippen LogP contribution is -3.00. The van der Waals surface area contributed by atoms with Crippen molar-refractivity contribution in [1.29, 1.82) is 0 Å². The number of hydrogen-bond donors (Lipinski definition) is 0. The van der Waals surface area contributed by atoms with Gasteiger partial charge in [0.15, 0.2) is 11.5 Å². The first-order chi connectivity index (χ1) is 16.5. The minimum atomic E-state index is -0.268. The Morgan fingerprint density at radius 1 is 0.694 bits per heavy atom. The fraction of sp³-hybridized carbons (Fsp3) is 0.333. The normalized spacial score (nSPS) is 14.1. The Morgan fingerprint density at radius 3 is 1.64 bits per heavy atom. The van der Waals surface area contributed by atoms with Crippen LogP contribution in [0.1, 0.15) is 25.6 Å². The number of methoxy groups -OCH3 is 3. The Bertz CT molecular complexity index is 1060. The maximum Gasteiger partial charge on any atom is 1.00 e. The van der Waals surface area contributed by atoms with E-state index in [1.54, 1.807) is 21.3 Å². The quantitative estimate of drug-likeness (QED) is 0.371. The van der Waals surface area contributed by atoms with Gasteiger partial charge in [0, 0.05) is 38.3 Å². The molecule has 0 spiro atoms. The summed E-state index contributed by atoms with van der Waals surface area (Å²) in [6.45, 7) is 4.03. The van der Waals surface area contributed by atoms with E-state index in [9.17, 15) is 8.78 Å². The van der Waals surface area contributed by atoms with Crippen LogP contribution >= 0.6 is 0 Å². The second-order valence-electron chi connectivity index (χ2n) is 8.31. The number of benzene rings is 3. The lowest BCUT2D eigenvalue weighted by Gasteiger charge is -2.40. The molecule has 0 unspecified atom stereocenters. The zero-order chi connectivity index (χ0) is 24.1. The summed E-state index contributed by atoms with van der Waals surface area (Å²) >= 11 is 0. The molecule has 4 rings (SSSR count). The average molecular weight is 541 g/mol. The highest BCUT2D eigenvalue weighted by Crippen LogP contribution is 2.40. The molecule has 1 aliphatic rings. The van der Waals surface area contributed by atoms with E-state index in [2.05, 4.69) is 9.80 Å². The maximum atomic E-state index is 13.6. The SMILES string of the molecule is COc1ccc(CN2CCN(C(c3ccc(F)cc3)c3ccc(F)cc3)CC2)c(OC)c1OC.[Cl-].[Cl-].[H+].[H+]. The summed E-state index contributed by atoms with van der Waals surface area (Å²) in [5.74, 6) is 1.37. The Balaban J connectivity index is 0.00000342. The Hall–Kier alpha value is -2.58. The van der Waals surface area contributed by atoms with Gasteiger partial charge in [-0.25, -0.2) is 8.78 Å². The molecule has 0 radical (unpaired) electrons. The van der Waals surface area contributed by atoms with E-state index in [1.807, 2.05) is 36.4 Å². The number of nitrogens with zero attached hydrogens (tertiary/aromatic N) is 2. The summed E-state index contributed by atoms with van der Waals surface area (Å²) in [6.07, 6.45) is 0. The third-order valence-corrected chi connectivity index (χ3v) is 6.32. The fourth-order valence-corrected chi connectivity index (χ4v) is 4.61. The molecule has 1 aliphatic heterocycles. The third kappa shape index (κ3) is 6.59. The van der Waals surface area contributed by atoms with E-state index in [0.717, 1.165) is 49.4 Å². The number of hydrogen-bond acceptors (Lipinski definition) is 5. The van der Waals surface area contributed by atoms with Gasteiger partial charge in [0.1, 0.15) is 11.6 Å². The van der Waals surface area contributed by atoms with Crippen LogP contribution in [0, 0.1) is 11.6 Å². The van der Waals surface area contributed by atoms with Crippen LogP contribution in [0.5, 0.6) is 17.2 Å². The topological polar surface area (TPSA) is 34.2 Å². The Labute approximate surface area is 226 Å². The van der Waals surface area contributed by atoms with Gasteiger partial charge in [0.25, 0.3) is 0 Å². The Kier molecular flexibility index (Phi) is 11.2. The zero-order valence-corrected chi connectivity index (χ0v) is 22.0.